The van der Waals surface area contributed by atoms with Gasteiger partial charge in [0.05, 0.1) is 5.25 Å². The summed E-state index contributed by atoms with van der Waals surface area (Å²) in [5.41, 5.74) is 0. The van der Waals surface area contributed by atoms with Gasteiger partial charge in [0.1, 0.15) is 9.84 Å². The van der Waals surface area contributed by atoms with Crippen LogP contribution in [0.3, 0.4) is 0 Å². The summed E-state index contributed by atoms with van der Waals surface area (Å²) in [6.45, 7) is 1.73. The lowest BCUT2D eigenvalue weighted by Crippen LogP contribution is -2.41. The van der Waals surface area contributed by atoms with Gasteiger partial charge in [-0.1, -0.05) is 6.42 Å². The molecule has 2 aliphatic rings. The Balaban J connectivity index is 1.91. The monoisotopic (exact) mass is 289 g/mol. The molecule has 0 aromatic rings. The first-order valence-corrected chi connectivity index (χ1v) is 8.96. The Morgan fingerprint density at radius 2 is 2.05 bits per heavy atom. The zero-order chi connectivity index (χ0) is 14.0. The van der Waals surface area contributed by atoms with Crippen LogP contribution in [0, 0.1) is 5.92 Å². The molecule has 110 valence electrons. The van der Waals surface area contributed by atoms with Crippen molar-refractivity contribution in [2.75, 3.05) is 19.3 Å². The smallest absolute Gasteiger partial charge is 0.303 e. The van der Waals surface area contributed by atoms with Crippen molar-refractivity contribution >= 4 is 15.8 Å². The topological polar surface area (TPSA) is 74.7 Å². The van der Waals surface area contributed by atoms with Gasteiger partial charge in [-0.15, -0.1) is 0 Å². The number of rotatable bonds is 4. The number of carboxylic acid groups (broad SMARTS) is 1. The first kappa shape index (κ1) is 14.8. The van der Waals surface area contributed by atoms with Crippen LogP contribution >= 0.6 is 0 Å². The molecule has 3 atom stereocenters. The number of sulfone groups is 1. The lowest BCUT2D eigenvalue weighted by molar-refractivity contribution is -0.138. The van der Waals surface area contributed by atoms with Gasteiger partial charge >= 0.3 is 5.97 Å². The molecule has 2 rings (SSSR count). The van der Waals surface area contributed by atoms with Gasteiger partial charge in [-0.05, 0) is 38.1 Å². The van der Waals surface area contributed by atoms with E-state index in [1.165, 1.54) is 6.26 Å². The normalized spacial score (nSPS) is 33.4. The Morgan fingerprint density at radius 3 is 2.68 bits per heavy atom. The predicted octanol–water partition coefficient (Wildman–Crippen LogP) is 1.14. The minimum atomic E-state index is -2.94. The molecule has 1 saturated carbocycles. The van der Waals surface area contributed by atoms with Crippen LogP contribution in [-0.4, -0.2) is 55.0 Å². The highest BCUT2D eigenvalue weighted by Crippen LogP contribution is 2.31. The fourth-order valence-corrected chi connectivity index (χ4v) is 4.62. The fourth-order valence-electron chi connectivity index (χ4n) is 3.45. The fraction of sp³-hybridized carbons (Fsp3) is 0.923. The number of likely N-dealkylation sites (tertiary alicyclic amines) is 1. The van der Waals surface area contributed by atoms with E-state index in [9.17, 15) is 13.2 Å². The SMILES string of the molecule is CS(=O)(=O)C1CCCC(N2CCC(CC(=O)O)C2)C1. The van der Waals surface area contributed by atoms with Gasteiger partial charge in [0.25, 0.3) is 0 Å². The van der Waals surface area contributed by atoms with Gasteiger partial charge < -0.3 is 10.0 Å². The van der Waals surface area contributed by atoms with Crippen LogP contribution < -0.4 is 0 Å². The third-order valence-electron chi connectivity index (χ3n) is 4.50. The summed E-state index contributed by atoms with van der Waals surface area (Å²) in [6.07, 6.45) is 6.00. The molecule has 0 aromatic carbocycles. The summed E-state index contributed by atoms with van der Waals surface area (Å²) in [4.78, 5) is 13.0. The molecule has 0 amide bonds. The summed E-state index contributed by atoms with van der Waals surface area (Å²) < 4.78 is 23.3. The van der Waals surface area contributed by atoms with Crippen LogP contribution in [0.5, 0.6) is 0 Å². The molecule has 0 spiro atoms. The third-order valence-corrected chi connectivity index (χ3v) is 6.14. The van der Waals surface area contributed by atoms with Crippen LogP contribution in [0.2, 0.25) is 0 Å². The first-order valence-electron chi connectivity index (χ1n) is 7.01. The van der Waals surface area contributed by atoms with Crippen molar-refractivity contribution in [2.45, 2.75) is 49.8 Å². The van der Waals surface area contributed by atoms with Crippen LogP contribution in [0.15, 0.2) is 0 Å². The van der Waals surface area contributed by atoms with Crippen LogP contribution in [0.4, 0.5) is 0 Å². The summed E-state index contributed by atoms with van der Waals surface area (Å²) in [7, 11) is -2.94. The van der Waals surface area contributed by atoms with E-state index >= 15 is 0 Å². The van der Waals surface area contributed by atoms with E-state index in [-0.39, 0.29) is 17.6 Å². The Bertz CT molecular complexity index is 434. The Morgan fingerprint density at radius 1 is 1.32 bits per heavy atom. The lowest BCUT2D eigenvalue weighted by atomic mass is 9.94. The minimum Gasteiger partial charge on any atom is -0.481 e. The number of hydrogen-bond acceptors (Lipinski definition) is 4. The second-order valence-corrected chi connectivity index (χ2v) is 8.35. The summed E-state index contributed by atoms with van der Waals surface area (Å²) in [5, 5.41) is 8.62. The zero-order valence-electron chi connectivity index (χ0n) is 11.4. The van der Waals surface area contributed by atoms with Crippen molar-refractivity contribution in [3.8, 4) is 0 Å². The highest BCUT2D eigenvalue weighted by molar-refractivity contribution is 7.91. The van der Waals surface area contributed by atoms with E-state index in [1.807, 2.05) is 0 Å². The van der Waals surface area contributed by atoms with E-state index in [2.05, 4.69) is 4.90 Å². The van der Waals surface area contributed by atoms with E-state index in [0.29, 0.717) is 6.04 Å². The quantitative estimate of drug-likeness (QED) is 0.840. The largest absolute Gasteiger partial charge is 0.481 e. The zero-order valence-corrected chi connectivity index (χ0v) is 12.2. The van der Waals surface area contributed by atoms with Crippen LogP contribution in [0.25, 0.3) is 0 Å². The Hall–Kier alpha value is -0.620. The maximum absolute atomic E-state index is 11.7. The molecule has 6 heteroatoms. The van der Waals surface area contributed by atoms with Crippen molar-refractivity contribution in [1.29, 1.82) is 0 Å². The molecule has 2 fully saturated rings. The molecular formula is C13H23NO4S. The minimum absolute atomic E-state index is 0.204. The van der Waals surface area contributed by atoms with Crippen molar-refractivity contribution in [2.24, 2.45) is 5.92 Å². The first-order chi connectivity index (χ1) is 8.86. The number of nitrogens with zero attached hydrogens (tertiary/aromatic N) is 1. The molecule has 19 heavy (non-hydrogen) atoms. The van der Waals surface area contributed by atoms with Crippen LogP contribution in [-0.2, 0) is 14.6 Å². The highest BCUT2D eigenvalue weighted by atomic mass is 32.2. The van der Waals surface area contributed by atoms with Gasteiger partial charge in [0.2, 0.25) is 0 Å². The maximum Gasteiger partial charge on any atom is 0.303 e. The van der Waals surface area contributed by atoms with E-state index < -0.39 is 15.8 Å². The van der Waals surface area contributed by atoms with E-state index in [0.717, 1.165) is 45.2 Å². The average Bonchev–Trinajstić information content (AvgIpc) is 2.76. The summed E-state index contributed by atoms with van der Waals surface area (Å²) >= 11 is 0. The number of aliphatic carboxylic acids is 1. The Labute approximate surface area is 114 Å². The van der Waals surface area contributed by atoms with Crippen molar-refractivity contribution in [3.05, 3.63) is 0 Å². The van der Waals surface area contributed by atoms with Gasteiger partial charge in [-0.3, -0.25) is 4.79 Å². The van der Waals surface area contributed by atoms with Crippen molar-refractivity contribution < 1.29 is 18.3 Å². The highest BCUT2D eigenvalue weighted by Gasteiger charge is 2.35. The lowest BCUT2D eigenvalue weighted by Gasteiger charge is -2.34. The molecule has 1 saturated heterocycles. The van der Waals surface area contributed by atoms with Gasteiger partial charge in [-0.25, -0.2) is 8.42 Å². The molecular weight excluding hydrogens is 266 g/mol. The predicted molar refractivity (Wildman–Crippen MR) is 72.8 cm³/mol. The van der Waals surface area contributed by atoms with Gasteiger partial charge in [-0.2, -0.15) is 0 Å². The van der Waals surface area contributed by atoms with Crippen molar-refractivity contribution in [3.63, 3.8) is 0 Å². The standard InChI is InChI=1S/C13H23NO4S/c1-19(17,18)12-4-2-3-11(8-12)14-6-5-10(9-14)7-13(15)16/h10-12H,2-9H2,1H3,(H,15,16). The van der Waals surface area contributed by atoms with Crippen LogP contribution in [0.1, 0.15) is 38.5 Å². The molecule has 0 radical (unpaired) electrons. The number of hydrogen-bond donors (Lipinski definition) is 1. The average molecular weight is 289 g/mol. The molecule has 1 N–H and O–H groups in total. The second-order valence-electron chi connectivity index (χ2n) is 6.02. The maximum atomic E-state index is 11.7. The molecule has 1 heterocycles. The molecule has 5 nitrogen and oxygen atoms in total. The van der Waals surface area contributed by atoms with E-state index in [1.54, 1.807) is 0 Å². The Kier molecular flexibility index (Phi) is 4.50. The molecule has 1 aliphatic carbocycles. The third kappa shape index (κ3) is 3.92. The molecule has 0 aromatic heterocycles. The molecule has 0 bridgehead atoms. The molecule has 3 unspecified atom stereocenters. The van der Waals surface area contributed by atoms with Crippen molar-refractivity contribution in [1.82, 2.24) is 4.90 Å². The number of carbonyl (C=O) groups is 1. The summed E-state index contributed by atoms with van der Waals surface area (Å²) in [6, 6.07) is 0.326. The summed E-state index contributed by atoms with van der Waals surface area (Å²) in [5.74, 6) is -0.499. The molecule has 1 aliphatic heterocycles. The second kappa shape index (κ2) is 5.79. The van der Waals surface area contributed by atoms with E-state index in [4.69, 9.17) is 5.11 Å². The van der Waals surface area contributed by atoms with Gasteiger partial charge in [0.15, 0.2) is 0 Å². The van der Waals surface area contributed by atoms with Gasteiger partial charge in [0, 0.05) is 25.3 Å². The number of carboxylic acids is 1.